The van der Waals surface area contributed by atoms with Crippen LogP contribution in [0.1, 0.15) is 17.5 Å². The first-order chi connectivity index (χ1) is 17.5. The van der Waals surface area contributed by atoms with Crippen LogP contribution in [0, 0.1) is 0 Å². The fourth-order valence-corrected chi connectivity index (χ4v) is 5.10. The Morgan fingerprint density at radius 1 is 0.944 bits per heavy atom. The van der Waals surface area contributed by atoms with E-state index in [4.69, 9.17) is 18.9 Å². The van der Waals surface area contributed by atoms with Crippen molar-refractivity contribution in [2.45, 2.75) is 25.1 Å². The van der Waals surface area contributed by atoms with Crippen LogP contribution in [0.5, 0.6) is 17.2 Å². The molecule has 4 rings (SSSR count). The Labute approximate surface area is 215 Å². The first-order valence-electron chi connectivity index (χ1n) is 12.8. The van der Waals surface area contributed by atoms with Gasteiger partial charge in [-0.3, -0.25) is 14.7 Å². The average Bonchev–Trinajstić information content (AvgIpc) is 3.25. The Morgan fingerprint density at radius 3 is 2.42 bits per heavy atom. The van der Waals surface area contributed by atoms with Gasteiger partial charge in [-0.25, -0.2) is 0 Å². The molecular weight excluding hydrogens is 458 g/mol. The van der Waals surface area contributed by atoms with E-state index in [-0.39, 0.29) is 0 Å². The van der Waals surface area contributed by atoms with Gasteiger partial charge in [0, 0.05) is 52.4 Å². The van der Waals surface area contributed by atoms with Gasteiger partial charge in [0.25, 0.3) is 0 Å². The van der Waals surface area contributed by atoms with Crippen molar-refractivity contribution >= 4 is 0 Å². The SMILES string of the molecule is COc1ccc(CN(C)C[C@]2(O)CCN(Cc3ccc(OCCN4CCOCC4)c(OC)c3)C2)cc1. The Balaban J connectivity index is 1.25. The van der Waals surface area contributed by atoms with Gasteiger partial charge in [0.2, 0.25) is 0 Å². The number of ether oxygens (including phenoxy) is 4. The summed E-state index contributed by atoms with van der Waals surface area (Å²) in [5, 5.41) is 11.3. The van der Waals surface area contributed by atoms with Crippen LogP contribution in [-0.2, 0) is 17.8 Å². The number of likely N-dealkylation sites (tertiary alicyclic amines) is 1. The summed E-state index contributed by atoms with van der Waals surface area (Å²) in [6.45, 7) is 8.72. The van der Waals surface area contributed by atoms with Crippen LogP contribution in [0.15, 0.2) is 42.5 Å². The van der Waals surface area contributed by atoms with Gasteiger partial charge < -0.3 is 24.1 Å². The lowest BCUT2D eigenvalue weighted by atomic mass is 10.0. The quantitative estimate of drug-likeness (QED) is 0.478. The maximum absolute atomic E-state index is 11.3. The molecule has 0 spiro atoms. The molecule has 0 aromatic heterocycles. The van der Waals surface area contributed by atoms with Crippen molar-refractivity contribution in [2.75, 3.05) is 80.4 Å². The minimum atomic E-state index is -0.714. The molecule has 2 aliphatic rings. The molecule has 0 radical (unpaired) electrons. The zero-order chi connectivity index (χ0) is 25.4. The zero-order valence-electron chi connectivity index (χ0n) is 21.9. The van der Waals surface area contributed by atoms with Crippen molar-refractivity contribution in [3.05, 3.63) is 53.6 Å². The van der Waals surface area contributed by atoms with E-state index in [1.807, 2.05) is 18.2 Å². The molecule has 0 unspecified atom stereocenters. The van der Waals surface area contributed by atoms with E-state index in [9.17, 15) is 5.11 Å². The minimum Gasteiger partial charge on any atom is -0.497 e. The fourth-order valence-electron chi connectivity index (χ4n) is 5.10. The van der Waals surface area contributed by atoms with E-state index >= 15 is 0 Å². The van der Waals surface area contributed by atoms with E-state index in [1.165, 1.54) is 5.56 Å². The van der Waals surface area contributed by atoms with E-state index in [1.54, 1.807) is 14.2 Å². The van der Waals surface area contributed by atoms with E-state index in [2.05, 4.69) is 46.0 Å². The highest BCUT2D eigenvalue weighted by Gasteiger charge is 2.36. The van der Waals surface area contributed by atoms with Crippen molar-refractivity contribution in [1.82, 2.24) is 14.7 Å². The molecule has 1 N–H and O–H groups in total. The Morgan fingerprint density at radius 2 is 1.69 bits per heavy atom. The molecule has 2 saturated heterocycles. The predicted octanol–water partition coefficient (Wildman–Crippen LogP) is 2.48. The lowest BCUT2D eigenvalue weighted by molar-refractivity contribution is 0.0162. The highest BCUT2D eigenvalue weighted by Crippen LogP contribution is 2.30. The minimum absolute atomic E-state index is 0.624. The molecule has 2 heterocycles. The maximum atomic E-state index is 11.3. The number of rotatable bonds is 12. The number of nitrogens with zero attached hydrogens (tertiary/aromatic N) is 3. The number of morpholine rings is 1. The molecule has 2 aliphatic heterocycles. The summed E-state index contributed by atoms with van der Waals surface area (Å²) in [5.41, 5.74) is 1.65. The number of likely N-dealkylation sites (N-methyl/N-ethyl adjacent to an activating group) is 1. The Kier molecular flexibility index (Phi) is 9.45. The van der Waals surface area contributed by atoms with Gasteiger partial charge in [-0.2, -0.15) is 0 Å². The van der Waals surface area contributed by atoms with Gasteiger partial charge in [-0.05, 0) is 48.9 Å². The third-order valence-corrected chi connectivity index (χ3v) is 6.99. The molecular formula is C28H41N3O5. The van der Waals surface area contributed by atoms with Crippen molar-refractivity contribution in [3.63, 3.8) is 0 Å². The molecule has 36 heavy (non-hydrogen) atoms. The van der Waals surface area contributed by atoms with Crippen LogP contribution in [0.25, 0.3) is 0 Å². The summed E-state index contributed by atoms with van der Waals surface area (Å²) in [7, 11) is 5.42. The summed E-state index contributed by atoms with van der Waals surface area (Å²) in [6.07, 6.45) is 0.764. The molecule has 2 aromatic carbocycles. The molecule has 1 atom stereocenters. The normalized spacial score (nSPS) is 21.1. The van der Waals surface area contributed by atoms with Crippen molar-refractivity contribution in [1.29, 1.82) is 0 Å². The van der Waals surface area contributed by atoms with Gasteiger partial charge in [0.15, 0.2) is 11.5 Å². The van der Waals surface area contributed by atoms with Crippen molar-refractivity contribution < 1.29 is 24.1 Å². The Hall–Kier alpha value is -2.36. The van der Waals surface area contributed by atoms with Crippen LogP contribution in [0.4, 0.5) is 0 Å². The number of hydrogen-bond acceptors (Lipinski definition) is 8. The number of benzene rings is 2. The van der Waals surface area contributed by atoms with Crippen molar-refractivity contribution in [3.8, 4) is 17.2 Å². The average molecular weight is 500 g/mol. The summed E-state index contributed by atoms with van der Waals surface area (Å²) < 4.78 is 22.3. The summed E-state index contributed by atoms with van der Waals surface area (Å²) >= 11 is 0. The van der Waals surface area contributed by atoms with Crippen LogP contribution < -0.4 is 14.2 Å². The number of aliphatic hydroxyl groups is 1. The van der Waals surface area contributed by atoms with E-state index in [0.717, 1.165) is 81.7 Å². The maximum Gasteiger partial charge on any atom is 0.161 e. The fraction of sp³-hybridized carbons (Fsp3) is 0.571. The Bertz CT molecular complexity index is 951. The molecule has 2 fully saturated rings. The van der Waals surface area contributed by atoms with Crippen LogP contribution >= 0.6 is 0 Å². The molecule has 8 heteroatoms. The van der Waals surface area contributed by atoms with Gasteiger partial charge in [-0.1, -0.05) is 18.2 Å². The summed E-state index contributed by atoms with van der Waals surface area (Å²) in [5.74, 6) is 2.38. The van der Waals surface area contributed by atoms with E-state index in [0.29, 0.717) is 19.7 Å². The topological polar surface area (TPSA) is 66.9 Å². The monoisotopic (exact) mass is 499 g/mol. The smallest absolute Gasteiger partial charge is 0.161 e. The van der Waals surface area contributed by atoms with E-state index < -0.39 is 5.60 Å². The number of methoxy groups -OCH3 is 2. The second-order valence-corrected chi connectivity index (χ2v) is 9.99. The molecule has 0 amide bonds. The summed E-state index contributed by atoms with van der Waals surface area (Å²) in [4.78, 5) is 6.86. The van der Waals surface area contributed by atoms with Crippen LogP contribution in [0.3, 0.4) is 0 Å². The molecule has 198 valence electrons. The molecule has 2 aromatic rings. The largest absolute Gasteiger partial charge is 0.497 e. The zero-order valence-corrected chi connectivity index (χ0v) is 21.9. The molecule has 0 aliphatic carbocycles. The first-order valence-corrected chi connectivity index (χ1v) is 12.8. The molecule has 0 saturated carbocycles. The number of hydrogen-bond donors (Lipinski definition) is 1. The number of β-amino-alcohol motifs (C(OH)–C–C–N with tert-alkyl or cyclic N) is 1. The predicted molar refractivity (Wildman–Crippen MR) is 140 cm³/mol. The van der Waals surface area contributed by atoms with Gasteiger partial charge in [0.1, 0.15) is 12.4 Å². The lowest BCUT2D eigenvalue weighted by Crippen LogP contribution is -2.43. The third-order valence-electron chi connectivity index (χ3n) is 6.99. The second kappa shape index (κ2) is 12.7. The standard InChI is InChI=1S/C28H41N3O5/c1-29(19-23-4-7-25(33-2)8-5-23)21-28(32)10-11-31(22-28)20-24-6-9-26(27(18-24)34-3)36-17-14-30-12-15-35-16-13-30/h4-9,18,32H,10-17,19-22H2,1-3H3/t28-/m1/s1. The highest BCUT2D eigenvalue weighted by molar-refractivity contribution is 5.43. The van der Waals surface area contributed by atoms with Crippen LogP contribution in [-0.4, -0.2) is 106 Å². The first kappa shape index (κ1) is 26.7. The third kappa shape index (κ3) is 7.57. The van der Waals surface area contributed by atoms with Crippen LogP contribution in [0.2, 0.25) is 0 Å². The van der Waals surface area contributed by atoms with Gasteiger partial charge in [0.05, 0.1) is 33.0 Å². The second-order valence-electron chi connectivity index (χ2n) is 9.99. The van der Waals surface area contributed by atoms with Gasteiger partial charge >= 0.3 is 0 Å². The molecule has 0 bridgehead atoms. The summed E-state index contributed by atoms with van der Waals surface area (Å²) in [6, 6.07) is 14.2. The van der Waals surface area contributed by atoms with Crippen molar-refractivity contribution in [2.24, 2.45) is 0 Å². The lowest BCUT2D eigenvalue weighted by Gasteiger charge is -2.29. The highest BCUT2D eigenvalue weighted by atomic mass is 16.5. The van der Waals surface area contributed by atoms with Gasteiger partial charge in [-0.15, -0.1) is 0 Å². The molecule has 8 nitrogen and oxygen atoms in total.